The third-order valence-electron chi connectivity index (χ3n) is 5.37. The van der Waals surface area contributed by atoms with Gasteiger partial charge in [-0.3, -0.25) is 14.4 Å². The number of Topliss-reactive ketones (excluding diaryl/α,β-unsaturated/α-hetero) is 2. The molecule has 1 aliphatic rings. The summed E-state index contributed by atoms with van der Waals surface area (Å²) < 4.78 is 0. The number of carbonyl (C=O) groups excluding carboxylic acids is 3. The fourth-order valence-corrected chi connectivity index (χ4v) is 5.07. The van der Waals surface area contributed by atoms with Crippen LogP contribution in [0.5, 0.6) is 0 Å². The Hall–Kier alpha value is -2.34. The summed E-state index contributed by atoms with van der Waals surface area (Å²) in [7, 11) is 0. The molecular formula is C22H26N2O3S. The normalized spacial score (nSPS) is 19.3. The van der Waals surface area contributed by atoms with Gasteiger partial charge in [-0.15, -0.1) is 11.3 Å². The van der Waals surface area contributed by atoms with Crippen molar-refractivity contribution in [3.05, 3.63) is 50.0 Å². The number of nitrogens with one attached hydrogen (secondary N) is 1. The second-order valence-electron chi connectivity index (χ2n) is 7.71. The molecular weight excluding hydrogens is 372 g/mol. The lowest BCUT2D eigenvalue weighted by molar-refractivity contribution is -0.124. The predicted molar refractivity (Wildman–Crippen MR) is 110 cm³/mol. The summed E-state index contributed by atoms with van der Waals surface area (Å²) in [5.74, 6) is -1.18. The van der Waals surface area contributed by atoms with Gasteiger partial charge in [0.25, 0.3) is 5.91 Å². The highest BCUT2D eigenvalue weighted by Crippen LogP contribution is 2.37. The van der Waals surface area contributed by atoms with Crippen molar-refractivity contribution in [3.8, 4) is 0 Å². The Morgan fingerprint density at radius 3 is 2.36 bits per heavy atom. The van der Waals surface area contributed by atoms with Crippen LogP contribution in [0, 0.1) is 40.5 Å². The van der Waals surface area contributed by atoms with Crippen LogP contribution in [0.1, 0.15) is 61.4 Å². The van der Waals surface area contributed by atoms with Gasteiger partial charge < -0.3 is 5.32 Å². The molecule has 28 heavy (non-hydrogen) atoms. The molecule has 1 fully saturated rings. The largest absolute Gasteiger partial charge is 0.351 e. The van der Waals surface area contributed by atoms with E-state index in [4.69, 9.17) is 0 Å². The first-order valence-corrected chi connectivity index (χ1v) is 10.4. The molecule has 2 unspecified atom stereocenters. The number of rotatable bonds is 5. The first-order chi connectivity index (χ1) is 13.2. The zero-order valence-electron chi connectivity index (χ0n) is 17.0. The molecule has 5 nitrogen and oxygen atoms in total. The van der Waals surface area contributed by atoms with E-state index in [2.05, 4.69) is 10.3 Å². The summed E-state index contributed by atoms with van der Waals surface area (Å²) in [4.78, 5) is 42.8. The quantitative estimate of drug-likeness (QED) is 0.779. The lowest BCUT2D eigenvalue weighted by Gasteiger charge is -2.16. The highest BCUT2D eigenvalue weighted by Gasteiger charge is 2.42. The molecule has 148 valence electrons. The van der Waals surface area contributed by atoms with Gasteiger partial charge in [-0.05, 0) is 57.7 Å². The minimum atomic E-state index is -0.660. The number of hydrogen-bond donors (Lipinski definition) is 1. The first-order valence-electron chi connectivity index (χ1n) is 9.55. The maximum Gasteiger partial charge on any atom is 0.263 e. The molecule has 0 aliphatic heterocycles. The van der Waals surface area contributed by atoms with E-state index in [-0.39, 0.29) is 29.8 Å². The molecule has 1 aromatic carbocycles. The van der Waals surface area contributed by atoms with E-state index in [0.717, 1.165) is 33.0 Å². The summed E-state index contributed by atoms with van der Waals surface area (Å²) in [5, 5.41) is 3.72. The average molecular weight is 399 g/mol. The minimum Gasteiger partial charge on any atom is -0.351 e. The van der Waals surface area contributed by atoms with Gasteiger partial charge in [0, 0.05) is 18.9 Å². The average Bonchev–Trinajstić information content (AvgIpc) is 3.07. The Labute approximate surface area is 169 Å². The van der Waals surface area contributed by atoms with Gasteiger partial charge in [-0.2, -0.15) is 0 Å². The van der Waals surface area contributed by atoms with Crippen LogP contribution in [0.4, 0.5) is 0 Å². The van der Waals surface area contributed by atoms with Gasteiger partial charge in [0.05, 0.1) is 10.7 Å². The van der Waals surface area contributed by atoms with Crippen LogP contribution in [0.3, 0.4) is 0 Å². The molecule has 0 saturated heterocycles. The van der Waals surface area contributed by atoms with Gasteiger partial charge in [0.2, 0.25) is 0 Å². The molecule has 6 heteroatoms. The monoisotopic (exact) mass is 398 g/mol. The van der Waals surface area contributed by atoms with Gasteiger partial charge in [0.15, 0.2) is 5.78 Å². The van der Waals surface area contributed by atoms with Crippen molar-refractivity contribution in [3.63, 3.8) is 0 Å². The molecule has 0 spiro atoms. The third-order valence-corrected chi connectivity index (χ3v) is 6.44. The molecule has 1 N–H and O–H groups in total. The van der Waals surface area contributed by atoms with Crippen molar-refractivity contribution in [2.75, 3.05) is 6.54 Å². The molecule has 0 bridgehead atoms. The van der Waals surface area contributed by atoms with Crippen molar-refractivity contribution < 1.29 is 14.4 Å². The Kier molecular flexibility index (Phi) is 5.79. The lowest BCUT2D eigenvalue weighted by atomic mass is 9.86. The maximum atomic E-state index is 13.0. The number of ketones is 2. The number of thiazole rings is 1. The number of amides is 1. The van der Waals surface area contributed by atoms with Crippen LogP contribution in [-0.2, 0) is 9.59 Å². The van der Waals surface area contributed by atoms with Gasteiger partial charge in [0.1, 0.15) is 16.6 Å². The van der Waals surface area contributed by atoms with E-state index in [1.54, 1.807) is 0 Å². The Bertz CT molecular complexity index is 938. The van der Waals surface area contributed by atoms with E-state index >= 15 is 0 Å². The van der Waals surface area contributed by atoms with E-state index in [9.17, 15) is 14.4 Å². The molecule has 3 rings (SSSR count). The van der Waals surface area contributed by atoms with Crippen molar-refractivity contribution in [2.45, 2.75) is 53.4 Å². The molecule has 2 atom stereocenters. The molecule has 1 amide bonds. The van der Waals surface area contributed by atoms with Crippen molar-refractivity contribution >= 4 is 28.8 Å². The second kappa shape index (κ2) is 7.95. The summed E-state index contributed by atoms with van der Waals surface area (Å²) in [5.41, 5.74) is 4.70. The summed E-state index contributed by atoms with van der Waals surface area (Å²) >= 11 is 1.36. The molecule has 1 saturated carbocycles. The second-order valence-corrected chi connectivity index (χ2v) is 8.91. The highest BCUT2D eigenvalue weighted by molar-refractivity contribution is 7.13. The zero-order chi connectivity index (χ0) is 20.6. The smallest absolute Gasteiger partial charge is 0.263 e. The number of benzene rings is 1. The standard InChI is InChI=1S/C22H26N2O3S/c1-11-8-12(2)18(13(3)9-11)19-17(25)10-16(20(19)26)6-7-23-22(27)21-14(4)24-15(5)28-21/h8-9,16,19H,6-7,10H2,1-5H3,(H,23,27). The SMILES string of the molecule is Cc1cc(C)c(C2C(=O)CC(CCNC(=O)c3sc(C)nc3C)C2=O)c(C)c1. The number of hydrogen-bond acceptors (Lipinski definition) is 5. The Morgan fingerprint density at radius 2 is 1.79 bits per heavy atom. The number of carbonyl (C=O) groups is 3. The fourth-order valence-electron chi connectivity index (χ4n) is 4.23. The van der Waals surface area contributed by atoms with Crippen LogP contribution >= 0.6 is 11.3 Å². The van der Waals surface area contributed by atoms with Crippen LogP contribution in [0.15, 0.2) is 12.1 Å². The van der Waals surface area contributed by atoms with Crippen molar-refractivity contribution in [1.29, 1.82) is 0 Å². The lowest BCUT2D eigenvalue weighted by Crippen LogP contribution is -2.27. The van der Waals surface area contributed by atoms with Gasteiger partial charge in [-0.1, -0.05) is 17.7 Å². The number of aromatic nitrogens is 1. The van der Waals surface area contributed by atoms with Crippen molar-refractivity contribution in [2.24, 2.45) is 5.92 Å². The maximum absolute atomic E-state index is 13.0. The van der Waals surface area contributed by atoms with E-state index in [1.165, 1.54) is 11.3 Å². The number of aryl methyl sites for hydroxylation is 5. The molecule has 2 aromatic rings. The molecule has 1 heterocycles. The van der Waals surface area contributed by atoms with Gasteiger partial charge >= 0.3 is 0 Å². The van der Waals surface area contributed by atoms with E-state index < -0.39 is 5.92 Å². The summed E-state index contributed by atoms with van der Waals surface area (Å²) in [6, 6.07) is 4.05. The number of nitrogens with zero attached hydrogens (tertiary/aromatic N) is 1. The molecule has 1 aliphatic carbocycles. The van der Waals surface area contributed by atoms with Gasteiger partial charge in [-0.25, -0.2) is 4.98 Å². The van der Waals surface area contributed by atoms with Crippen LogP contribution in [0.25, 0.3) is 0 Å². The van der Waals surface area contributed by atoms with Crippen LogP contribution < -0.4 is 5.32 Å². The predicted octanol–water partition coefficient (Wildman–Crippen LogP) is 3.75. The highest BCUT2D eigenvalue weighted by atomic mass is 32.1. The summed E-state index contributed by atoms with van der Waals surface area (Å²) in [6.45, 7) is 9.99. The Morgan fingerprint density at radius 1 is 1.14 bits per heavy atom. The molecule has 0 radical (unpaired) electrons. The first kappa shape index (κ1) is 20.4. The zero-order valence-corrected chi connectivity index (χ0v) is 17.8. The van der Waals surface area contributed by atoms with Crippen molar-refractivity contribution in [1.82, 2.24) is 10.3 Å². The molecule has 1 aromatic heterocycles. The third kappa shape index (κ3) is 3.92. The van der Waals surface area contributed by atoms with Crippen LogP contribution in [0.2, 0.25) is 0 Å². The topological polar surface area (TPSA) is 76.1 Å². The van der Waals surface area contributed by atoms with E-state index in [1.807, 2.05) is 46.8 Å². The summed E-state index contributed by atoms with van der Waals surface area (Å²) in [6.07, 6.45) is 0.735. The van der Waals surface area contributed by atoms with E-state index in [0.29, 0.717) is 17.8 Å². The Balaban J connectivity index is 1.66. The minimum absolute atomic E-state index is 0.00898. The fraction of sp³-hybridized carbons (Fsp3) is 0.455. The van der Waals surface area contributed by atoms with Crippen LogP contribution in [-0.4, -0.2) is 29.0 Å².